The van der Waals surface area contributed by atoms with Crippen LogP contribution < -0.4 is 10.6 Å². The van der Waals surface area contributed by atoms with Crippen molar-refractivity contribution in [1.29, 1.82) is 0 Å². The van der Waals surface area contributed by atoms with Crippen molar-refractivity contribution in [3.8, 4) is 0 Å². The Labute approximate surface area is 96.2 Å². The minimum absolute atomic E-state index is 0.0557. The van der Waals surface area contributed by atoms with Crippen molar-refractivity contribution >= 4 is 5.91 Å². The van der Waals surface area contributed by atoms with E-state index in [0.29, 0.717) is 12.5 Å². The smallest absolute Gasteiger partial charge is 0.220 e. The molecule has 94 valence electrons. The maximum absolute atomic E-state index is 11.4. The van der Waals surface area contributed by atoms with Gasteiger partial charge in [0.1, 0.15) is 0 Å². The van der Waals surface area contributed by atoms with Gasteiger partial charge < -0.3 is 20.8 Å². The van der Waals surface area contributed by atoms with Crippen LogP contribution in [0.1, 0.15) is 32.1 Å². The summed E-state index contributed by atoms with van der Waals surface area (Å²) in [5, 5.41) is 23.6. The first-order valence-electron chi connectivity index (χ1n) is 6.01. The van der Waals surface area contributed by atoms with Gasteiger partial charge in [-0.05, 0) is 25.8 Å². The molecule has 1 aliphatic rings. The van der Waals surface area contributed by atoms with Gasteiger partial charge in [0, 0.05) is 19.0 Å². The first kappa shape index (κ1) is 13.4. The summed E-state index contributed by atoms with van der Waals surface area (Å²) in [5.41, 5.74) is 0. The van der Waals surface area contributed by atoms with Crippen molar-refractivity contribution in [1.82, 2.24) is 10.6 Å². The van der Waals surface area contributed by atoms with Crippen molar-refractivity contribution in [2.24, 2.45) is 0 Å². The highest BCUT2D eigenvalue weighted by Gasteiger charge is 2.14. The number of nitrogens with one attached hydrogen (secondary N) is 2. The average Bonchev–Trinajstić information content (AvgIpc) is 2.34. The number of aliphatic hydroxyl groups is 2. The van der Waals surface area contributed by atoms with Crippen LogP contribution in [-0.4, -0.2) is 48.0 Å². The van der Waals surface area contributed by atoms with Gasteiger partial charge in [-0.3, -0.25) is 4.79 Å². The van der Waals surface area contributed by atoms with Gasteiger partial charge in [0.2, 0.25) is 5.91 Å². The van der Waals surface area contributed by atoms with Crippen LogP contribution in [-0.2, 0) is 4.79 Å². The van der Waals surface area contributed by atoms with Crippen molar-refractivity contribution in [3.05, 3.63) is 0 Å². The Kier molecular flexibility index (Phi) is 6.37. The molecular weight excluding hydrogens is 208 g/mol. The van der Waals surface area contributed by atoms with E-state index in [2.05, 4.69) is 10.6 Å². The third kappa shape index (κ3) is 5.44. The van der Waals surface area contributed by atoms with E-state index >= 15 is 0 Å². The van der Waals surface area contributed by atoms with E-state index in [9.17, 15) is 4.79 Å². The molecule has 5 nitrogen and oxygen atoms in total. The van der Waals surface area contributed by atoms with E-state index in [1.54, 1.807) is 0 Å². The molecule has 2 unspecified atom stereocenters. The molecule has 0 aromatic carbocycles. The summed E-state index contributed by atoms with van der Waals surface area (Å²) in [6, 6.07) is 0.460. The fourth-order valence-electron chi connectivity index (χ4n) is 1.86. The zero-order valence-electron chi connectivity index (χ0n) is 9.61. The highest BCUT2D eigenvalue weighted by molar-refractivity contribution is 5.75. The minimum Gasteiger partial charge on any atom is -0.394 e. The van der Waals surface area contributed by atoms with Crippen molar-refractivity contribution in [2.45, 2.75) is 44.2 Å². The molecule has 0 spiro atoms. The summed E-state index contributed by atoms with van der Waals surface area (Å²) in [4.78, 5) is 11.4. The normalized spacial score (nSPS) is 22.8. The average molecular weight is 230 g/mol. The van der Waals surface area contributed by atoms with Gasteiger partial charge in [-0.15, -0.1) is 0 Å². The standard InChI is InChI=1S/C11H22N2O3/c14-8-10(15)7-13-11(16)5-4-9-3-1-2-6-12-9/h9-10,12,14-15H,1-8H2,(H,13,16). The van der Waals surface area contributed by atoms with Crippen molar-refractivity contribution in [3.63, 3.8) is 0 Å². The van der Waals surface area contributed by atoms with E-state index in [1.165, 1.54) is 12.8 Å². The summed E-state index contributed by atoms with van der Waals surface area (Å²) in [5.74, 6) is -0.0557. The molecular formula is C11H22N2O3. The van der Waals surface area contributed by atoms with Crippen LogP contribution in [0.15, 0.2) is 0 Å². The van der Waals surface area contributed by atoms with E-state index in [-0.39, 0.29) is 19.1 Å². The highest BCUT2D eigenvalue weighted by atomic mass is 16.3. The van der Waals surface area contributed by atoms with Crippen LogP contribution >= 0.6 is 0 Å². The Morgan fingerprint density at radius 1 is 1.50 bits per heavy atom. The lowest BCUT2D eigenvalue weighted by atomic mass is 10.0. The molecule has 0 aromatic rings. The molecule has 0 aromatic heterocycles. The number of rotatable bonds is 6. The molecule has 0 bridgehead atoms. The fraction of sp³-hybridized carbons (Fsp3) is 0.909. The highest BCUT2D eigenvalue weighted by Crippen LogP contribution is 2.11. The van der Waals surface area contributed by atoms with Gasteiger partial charge in [-0.25, -0.2) is 0 Å². The lowest BCUT2D eigenvalue weighted by Crippen LogP contribution is -2.37. The number of piperidine rings is 1. The number of aliphatic hydroxyl groups excluding tert-OH is 2. The second-order valence-electron chi connectivity index (χ2n) is 4.33. The number of carbonyl (C=O) groups is 1. The van der Waals surface area contributed by atoms with E-state index in [4.69, 9.17) is 10.2 Å². The molecule has 2 atom stereocenters. The van der Waals surface area contributed by atoms with E-state index in [0.717, 1.165) is 19.4 Å². The molecule has 1 rings (SSSR count). The Hall–Kier alpha value is -0.650. The predicted molar refractivity (Wildman–Crippen MR) is 61.0 cm³/mol. The number of hydrogen-bond acceptors (Lipinski definition) is 4. The maximum Gasteiger partial charge on any atom is 0.220 e. The minimum atomic E-state index is -0.850. The van der Waals surface area contributed by atoms with Gasteiger partial charge in [-0.2, -0.15) is 0 Å². The third-order valence-electron chi connectivity index (χ3n) is 2.88. The molecule has 0 aliphatic carbocycles. The molecule has 16 heavy (non-hydrogen) atoms. The van der Waals surface area contributed by atoms with Gasteiger partial charge in [-0.1, -0.05) is 6.42 Å². The maximum atomic E-state index is 11.4. The van der Waals surface area contributed by atoms with Crippen LogP contribution in [0.2, 0.25) is 0 Å². The predicted octanol–water partition coefficient (Wildman–Crippen LogP) is -0.622. The van der Waals surface area contributed by atoms with Crippen LogP contribution in [0.4, 0.5) is 0 Å². The first-order valence-corrected chi connectivity index (χ1v) is 6.01. The molecule has 1 fully saturated rings. The Balaban J connectivity index is 2.05. The first-order chi connectivity index (χ1) is 7.72. The molecule has 5 heteroatoms. The van der Waals surface area contributed by atoms with Gasteiger partial charge in [0.05, 0.1) is 12.7 Å². The lowest BCUT2D eigenvalue weighted by molar-refractivity contribution is -0.121. The summed E-state index contributed by atoms with van der Waals surface area (Å²) in [6.45, 7) is 0.868. The molecule has 0 radical (unpaired) electrons. The van der Waals surface area contributed by atoms with Crippen LogP contribution in [0.5, 0.6) is 0 Å². The Morgan fingerprint density at radius 2 is 2.31 bits per heavy atom. The number of hydrogen-bond donors (Lipinski definition) is 4. The summed E-state index contributed by atoms with van der Waals surface area (Å²) in [6.07, 6.45) is 4.09. The second kappa shape index (κ2) is 7.60. The summed E-state index contributed by atoms with van der Waals surface area (Å²) < 4.78 is 0. The monoisotopic (exact) mass is 230 g/mol. The van der Waals surface area contributed by atoms with Crippen molar-refractivity contribution in [2.75, 3.05) is 19.7 Å². The summed E-state index contributed by atoms with van der Waals surface area (Å²) >= 11 is 0. The van der Waals surface area contributed by atoms with Crippen LogP contribution in [0.3, 0.4) is 0 Å². The molecule has 4 N–H and O–H groups in total. The number of carbonyl (C=O) groups excluding carboxylic acids is 1. The Morgan fingerprint density at radius 3 is 2.94 bits per heavy atom. The lowest BCUT2D eigenvalue weighted by Gasteiger charge is -2.23. The molecule has 1 aliphatic heterocycles. The largest absolute Gasteiger partial charge is 0.394 e. The molecule has 1 amide bonds. The van der Waals surface area contributed by atoms with Gasteiger partial charge in [0.25, 0.3) is 0 Å². The van der Waals surface area contributed by atoms with E-state index in [1.807, 2.05) is 0 Å². The van der Waals surface area contributed by atoms with Gasteiger partial charge in [0.15, 0.2) is 0 Å². The quantitative estimate of drug-likeness (QED) is 0.490. The molecule has 0 saturated carbocycles. The zero-order chi connectivity index (χ0) is 11.8. The van der Waals surface area contributed by atoms with E-state index < -0.39 is 6.10 Å². The van der Waals surface area contributed by atoms with Crippen molar-refractivity contribution < 1.29 is 15.0 Å². The number of amides is 1. The molecule has 1 saturated heterocycles. The topological polar surface area (TPSA) is 81.6 Å². The Bertz CT molecular complexity index is 205. The summed E-state index contributed by atoms with van der Waals surface area (Å²) in [7, 11) is 0. The fourth-order valence-corrected chi connectivity index (χ4v) is 1.86. The van der Waals surface area contributed by atoms with Crippen LogP contribution in [0.25, 0.3) is 0 Å². The third-order valence-corrected chi connectivity index (χ3v) is 2.88. The van der Waals surface area contributed by atoms with Crippen LogP contribution in [0, 0.1) is 0 Å². The van der Waals surface area contributed by atoms with Gasteiger partial charge >= 0.3 is 0 Å². The zero-order valence-corrected chi connectivity index (χ0v) is 9.61. The molecule has 1 heterocycles. The second-order valence-corrected chi connectivity index (χ2v) is 4.33. The SMILES string of the molecule is O=C(CCC1CCCCN1)NCC(O)CO.